The van der Waals surface area contributed by atoms with Crippen LogP contribution in [0.15, 0.2) is 75.5 Å². The number of hydrogen-bond acceptors (Lipinski definition) is 6. The summed E-state index contributed by atoms with van der Waals surface area (Å²) >= 11 is 12.5. The normalized spacial score (nSPS) is 11.6. The number of nitrogen functional groups attached to an aromatic ring is 1. The summed E-state index contributed by atoms with van der Waals surface area (Å²) in [5, 5.41) is -0.00397. The minimum absolute atomic E-state index is 0.0544. The molecule has 1 aromatic heterocycles. The maximum Gasteiger partial charge on any atom is 0.266 e. The Kier molecular flexibility index (Phi) is 5.38. The summed E-state index contributed by atoms with van der Waals surface area (Å²) in [6, 6.07) is 14.8. The molecule has 3 aromatic carbocycles. The topological polar surface area (TPSA) is 104 Å². The van der Waals surface area contributed by atoms with E-state index in [1.54, 1.807) is 24.3 Å². The number of benzene rings is 3. The van der Waals surface area contributed by atoms with E-state index in [9.17, 15) is 13.2 Å². The lowest BCUT2D eigenvalue weighted by atomic mass is 10.2. The molecule has 0 spiro atoms. The summed E-state index contributed by atoms with van der Waals surface area (Å²) in [4.78, 5) is 17.7. The second-order valence-electron chi connectivity index (χ2n) is 6.56. The number of halogens is 2. The molecule has 4 rings (SSSR count). The minimum atomic E-state index is -4.23. The Hall–Kier alpha value is -3.07. The number of nitrogens with two attached hydrogens (primary N) is 1. The Bertz CT molecular complexity index is 1480. The molecule has 1 heterocycles. The highest BCUT2D eigenvalue weighted by atomic mass is 35.5. The summed E-state index contributed by atoms with van der Waals surface area (Å²) in [7, 11) is -2.84. The van der Waals surface area contributed by atoms with Crippen LogP contribution >= 0.6 is 23.2 Å². The van der Waals surface area contributed by atoms with Crippen LogP contribution in [0.25, 0.3) is 16.6 Å². The van der Waals surface area contributed by atoms with Crippen molar-refractivity contribution in [2.75, 3.05) is 12.8 Å². The molecule has 0 aliphatic heterocycles. The molecule has 7 nitrogen and oxygen atoms in total. The van der Waals surface area contributed by atoms with Crippen molar-refractivity contribution in [3.05, 3.63) is 81.1 Å². The van der Waals surface area contributed by atoms with Gasteiger partial charge in [0.2, 0.25) is 15.0 Å². The molecule has 0 bridgehead atoms. The summed E-state index contributed by atoms with van der Waals surface area (Å²) in [5.74, 6) is 0.219. The van der Waals surface area contributed by atoms with Crippen LogP contribution in [0.4, 0.5) is 5.69 Å². The Morgan fingerprint density at radius 3 is 2.35 bits per heavy atom. The van der Waals surface area contributed by atoms with Crippen molar-refractivity contribution < 1.29 is 13.2 Å². The lowest BCUT2D eigenvalue weighted by molar-refractivity contribution is 0.414. The first-order valence-electron chi connectivity index (χ1n) is 8.90. The van der Waals surface area contributed by atoms with Crippen LogP contribution in [0.2, 0.25) is 10.0 Å². The summed E-state index contributed by atoms with van der Waals surface area (Å²) in [5.41, 5.74) is 5.78. The number of para-hydroxylation sites is 1. The Morgan fingerprint density at radius 2 is 1.68 bits per heavy atom. The second kappa shape index (κ2) is 7.88. The standard InChI is InChI=1S/C21H15Cl2N3O4S/c1-30-19-11-18(15(22)10-16(19)23)26-20(27)14-4-2-3-5-17(14)25-21(26)31(28,29)13-8-6-12(24)7-9-13/h2-11H,24H2,1H3. The predicted octanol–water partition coefficient (Wildman–Crippen LogP) is 4.12. The molecule has 0 amide bonds. The molecule has 0 unspecified atom stereocenters. The molecule has 10 heteroatoms. The van der Waals surface area contributed by atoms with Crippen molar-refractivity contribution in [3.63, 3.8) is 0 Å². The first-order valence-corrected chi connectivity index (χ1v) is 11.1. The van der Waals surface area contributed by atoms with Crippen LogP contribution in [-0.4, -0.2) is 25.1 Å². The van der Waals surface area contributed by atoms with Crippen molar-refractivity contribution in [3.8, 4) is 11.4 Å². The van der Waals surface area contributed by atoms with Gasteiger partial charge >= 0.3 is 0 Å². The summed E-state index contributed by atoms with van der Waals surface area (Å²) < 4.78 is 33.2. The number of anilines is 1. The van der Waals surface area contributed by atoms with E-state index in [1.165, 1.54) is 43.5 Å². The van der Waals surface area contributed by atoms with E-state index in [1.807, 2.05) is 0 Å². The Morgan fingerprint density at radius 1 is 1.00 bits per heavy atom. The molecular formula is C21H15Cl2N3O4S. The molecule has 0 saturated heterocycles. The van der Waals surface area contributed by atoms with Crippen molar-refractivity contribution in [1.82, 2.24) is 9.55 Å². The highest BCUT2D eigenvalue weighted by Gasteiger charge is 2.28. The molecule has 0 radical (unpaired) electrons. The Balaban J connectivity index is 2.14. The molecule has 31 heavy (non-hydrogen) atoms. The van der Waals surface area contributed by atoms with E-state index in [2.05, 4.69) is 4.98 Å². The van der Waals surface area contributed by atoms with Gasteiger partial charge < -0.3 is 10.5 Å². The van der Waals surface area contributed by atoms with Crippen LogP contribution in [0.3, 0.4) is 0 Å². The third-order valence-corrected chi connectivity index (χ3v) is 6.88. The van der Waals surface area contributed by atoms with Crippen molar-refractivity contribution in [1.29, 1.82) is 0 Å². The van der Waals surface area contributed by atoms with Crippen LogP contribution in [-0.2, 0) is 9.84 Å². The third-order valence-electron chi connectivity index (χ3n) is 4.64. The molecule has 2 N–H and O–H groups in total. The van der Waals surface area contributed by atoms with Crippen LogP contribution in [0.1, 0.15) is 0 Å². The number of fused-ring (bicyclic) bond motifs is 1. The second-order valence-corrected chi connectivity index (χ2v) is 9.22. The number of ether oxygens (including phenoxy) is 1. The maximum absolute atomic E-state index is 13.5. The van der Waals surface area contributed by atoms with E-state index in [0.717, 1.165) is 4.57 Å². The fourth-order valence-electron chi connectivity index (χ4n) is 3.10. The van der Waals surface area contributed by atoms with Gasteiger partial charge in [-0.1, -0.05) is 35.3 Å². The van der Waals surface area contributed by atoms with Crippen molar-refractivity contribution in [2.45, 2.75) is 10.1 Å². The van der Waals surface area contributed by atoms with Crippen LogP contribution in [0.5, 0.6) is 5.75 Å². The molecule has 0 saturated carbocycles. The number of nitrogens with zero attached hydrogens (tertiary/aromatic N) is 2. The third kappa shape index (κ3) is 3.63. The summed E-state index contributed by atoms with van der Waals surface area (Å²) in [6.07, 6.45) is 0. The highest BCUT2D eigenvalue weighted by molar-refractivity contribution is 7.91. The zero-order valence-electron chi connectivity index (χ0n) is 16.0. The monoisotopic (exact) mass is 475 g/mol. The lowest BCUT2D eigenvalue weighted by Gasteiger charge is -2.16. The largest absolute Gasteiger partial charge is 0.495 e. The minimum Gasteiger partial charge on any atom is -0.495 e. The number of hydrogen-bond donors (Lipinski definition) is 1. The number of sulfone groups is 1. The molecule has 158 valence electrons. The summed E-state index contributed by atoms with van der Waals surface area (Å²) in [6.45, 7) is 0. The van der Waals surface area contributed by atoms with Gasteiger partial charge in [-0.05, 0) is 42.5 Å². The molecular weight excluding hydrogens is 461 g/mol. The van der Waals surface area contributed by atoms with Gasteiger partial charge in [0.15, 0.2) is 0 Å². The lowest BCUT2D eigenvalue weighted by Crippen LogP contribution is -2.26. The Labute approximate surface area is 187 Å². The fourth-order valence-corrected chi connectivity index (χ4v) is 4.99. The number of methoxy groups -OCH3 is 1. The van der Waals surface area contributed by atoms with Crippen LogP contribution < -0.4 is 16.0 Å². The van der Waals surface area contributed by atoms with E-state index >= 15 is 0 Å². The van der Waals surface area contributed by atoms with E-state index in [4.69, 9.17) is 33.7 Å². The van der Waals surface area contributed by atoms with E-state index < -0.39 is 20.6 Å². The molecule has 0 fully saturated rings. The van der Waals surface area contributed by atoms with E-state index in [-0.39, 0.29) is 37.3 Å². The van der Waals surface area contributed by atoms with Gasteiger partial charge in [0.05, 0.1) is 38.6 Å². The van der Waals surface area contributed by atoms with Gasteiger partial charge in [0.1, 0.15) is 5.75 Å². The van der Waals surface area contributed by atoms with Gasteiger partial charge in [-0.25, -0.2) is 18.0 Å². The number of rotatable bonds is 4. The zero-order chi connectivity index (χ0) is 22.3. The van der Waals surface area contributed by atoms with Gasteiger partial charge in [-0.2, -0.15) is 0 Å². The fraction of sp³-hybridized carbons (Fsp3) is 0.0476. The zero-order valence-corrected chi connectivity index (χ0v) is 18.4. The predicted molar refractivity (Wildman–Crippen MR) is 120 cm³/mol. The first-order chi connectivity index (χ1) is 14.7. The molecule has 0 aliphatic carbocycles. The van der Waals surface area contributed by atoms with Crippen LogP contribution in [0, 0.1) is 0 Å². The van der Waals surface area contributed by atoms with Gasteiger partial charge in [-0.3, -0.25) is 4.79 Å². The molecule has 4 aromatic rings. The average Bonchev–Trinajstić information content (AvgIpc) is 2.75. The molecule has 0 aliphatic rings. The quantitative estimate of drug-likeness (QED) is 0.351. The smallest absolute Gasteiger partial charge is 0.266 e. The molecule has 0 atom stereocenters. The number of aromatic nitrogens is 2. The van der Waals surface area contributed by atoms with E-state index in [0.29, 0.717) is 5.69 Å². The van der Waals surface area contributed by atoms with Crippen molar-refractivity contribution >= 4 is 49.6 Å². The maximum atomic E-state index is 13.5. The SMILES string of the molecule is COc1cc(-n2c(S(=O)(=O)c3ccc(N)cc3)nc3ccccc3c2=O)c(Cl)cc1Cl. The highest BCUT2D eigenvalue weighted by Crippen LogP contribution is 2.34. The van der Waals surface area contributed by atoms with Gasteiger partial charge in [0.25, 0.3) is 5.56 Å². The average molecular weight is 476 g/mol. The van der Waals surface area contributed by atoms with Gasteiger partial charge in [-0.15, -0.1) is 0 Å². The first kappa shape index (κ1) is 21.2. The van der Waals surface area contributed by atoms with Crippen molar-refractivity contribution in [2.24, 2.45) is 0 Å². The van der Waals surface area contributed by atoms with Gasteiger partial charge in [0, 0.05) is 11.8 Å².